The van der Waals surface area contributed by atoms with Gasteiger partial charge in [-0.2, -0.15) is 0 Å². The molecule has 4 heterocycles. The number of aliphatic imine (C=N–C) groups is 1. The molecule has 0 saturated heterocycles. The highest BCUT2D eigenvalue weighted by atomic mass is 33.1. The average molecular weight is 953 g/mol. The van der Waals surface area contributed by atoms with Crippen LogP contribution in [0.15, 0.2) is 47.5 Å². The van der Waals surface area contributed by atoms with Crippen LogP contribution in [0.25, 0.3) is 0 Å². The van der Waals surface area contributed by atoms with Gasteiger partial charge in [-0.15, -0.1) is 0 Å². The number of fused-ring (bicyclic) bond motifs is 7. The third kappa shape index (κ3) is 11.9. The number of phenolic OH excluding ortho intramolecular Hbond substituents is 2. The summed E-state index contributed by atoms with van der Waals surface area (Å²) in [6.45, 7) is 3.72. The third-order valence-corrected chi connectivity index (χ3v) is 16.5. The van der Waals surface area contributed by atoms with Crippen LogP contribution in [-0.4, -0.2) is 92.3 Å². The van der Waals surface area contributed by atoms with Crippen molar-refractivity contribution in [2.45, 2.75) is 127 Å². The zero-order valence-electron chi connectivity index (χ0n) is 38.4. The number of ether oxygens (including phenoxy) is 3. The summed E-state index contributed by atoms with van der Waals surface area (Å²) >= 11 is 0. The SMILES string of the molecule is CC(C)C1CSSCC2C(C#CCC3(CCCC(Cc4cccc(O)c4)C3)NCOc3c4cc(c5c3OC(O)C2C5)CCC(O)CC(=O)CCc2ccc(O)c(OCO)c2C#CC4)NC(N)=N1. The molecule has 67 heavy (non-hydrogen) atoms. The van der Waals surface area contributed by atoms with Crippen LogP contribution in [-0.2, 0) is 36.9 Å². The van der Waals surface area contributed by atoms with E-state index in [-0.39, 0.29) is 66.9 Å². The number of nitrogens with zero attached hydrogens (tertiary/aromatic N) is 1. The lowest BCUT2D eigenvalue weighted by Crippen LogP contribution is -2.52. The van der Waals surface area contributed by atoms with Crippen molar-refractivity contribution < 1.29 is 44.5 Å². The molecule has 1 spiro atoms. The molecule has 358 valence electrons. The number of nitrogens with two attached hydrogens (primary N) is 1. The molecule has 0 amide bonds. The Morgan fingerprint density at radius 1 is 0.985 bits per heavy atom. The number of carbonyl (C=O) groups excluding carboxylic acids is 1. The Bertz CT molecular complexity index is 2430. The van der Waals surface area contributed by atoms with Gasteiger partial charge in [-0.3, -0.25) is 10.1 Å². The van der Waals surface area contributed by atoms with Crippen LogP contribution in [0.5, 0.6) is 28.7 Å². The van der Waals surface area contributed by atoms with E-state index in [2.05, 4.69) is 60.3 Å². The number of guanidine groups is 1. The molecule has 4 aliphatic heterocycles. The van der Waals surface area contributed by atoms with Crippen molar-refractivity contribution in [2.24, 2.45) is 34.4 Å². The van der Waals surface area contributed by atoms with Gasteiger partial charge < -0.3 is 50.8 Å². The van der Waals surface area contributed by atoms with Crippen LogP contribution < -0.4 is 30.6 Å². The fraction of sp³-hybridized carbons (Fsp3) is 0.538. The molecule has 3 aromatic rings. The normalized spacial score (nSPS) is 28.1. The summed E-state index contributed by atoms with van der Waals surface area (Å²) in [6, 6.07) is 12.2. The number of benzene rings is 3. The van der Waals surface area contributed by atoms with Gasteiger partial charge >= 0.3 is 0 Å². The Morgan fingerprint density at radius 3 is 2.66 bits per heavy atom. The van der Waals surface area contributed by atoms with Crippen LogP contribution in [0.3, 0.4) is 0 Å². The number of nitrogens with one attached hydrogen (secondary N) is 2. The molecule has 3 aromatic carbocycles. The van der Waals surface area contributed by atoms with Gasteiger partial charge in [-0.25, -0.2) is 4.99 Å². The van der Waals surface area contributed by atoms with Gasteiger partial charge in [0.15, 0.2) is 35.8 Å². The van der Waals surface area contributed by atoms with E-state index in [9.17, 15) is 30.3 Å². The van der Waals surface area contributed by atoms with Gasteiger partial charge in [0.1, 0.15) is 18.3 Å². The first-order valence-electron chi connectivity index (χ1n) is 23.7. The molecule has 13 nitrogen and oxygen atoms in total. The van der Waals surface area contributed by atoms with Crippen LogP contribution >= 0.6 is 21.6 Å². The van der Waals surface area contributed by atoms with Crippen LogP contribution in [0, 0.1) is 47.4 Å². The number of aryl methyl sites for hydroxylation is 2. The van der Waals surface area contributed by atoms with Crippen molar-refractivity contribution in [3.8, 4) is 52.4 Å². The quantitative estimate of drug-likeness (QED) is 0.0852. The first-order valence-corrected chi connectivity index (χ1v) is 26.1. The van der Waals surface area contributed by atoms with Gasteiger partial charge in [0.2, 0.25) is 6.29 Å². The van der Waals surface area contributed by atoms with Crippen molar-refractivity contribution in [3.63, 3.8) is 0 Å². The number of aromatic hydroxyl groups is 2. The number of carbonyl (C=O) groups is 1. The second kappa shape index (κ2) is 22.1. The number of rotatable bonds is 5. The number of hydrogen-bond donors (Lipinski definition) is 8. The van der Waals surface area contributed by atoms with Gasteiger partial charge in [0.25, 0.3) is 0 Å². The maximum atomic E-state index is 13.3. The standard InChI is InChI=1S/C52H64N4O9S2/c1-31(2)45-28-67-66-27-43-42-25-41-35-14-17-39(60)24-38(59)16-13-34-15-18-46(61)48(64-30-57)40(34)11-4-9-36(23-35)47(49(41)65-50(42)62)63-29-54-52(20-6-12-44(43)55-51(53)56-45)19-5-8-33(26-52)21-32-7-3-10-37(58)22-32/h3,7,10,15,18,22-23,31,33,39,42-45,50,54,57-58,60-62H,5,8-9,13-14,16-17,19-21,24-30H2,1-2H3,(H3,53,55,56). The van der Waals surface area contributed by atoms with Crippen molar-refractivity contribution in [1.82, 2.24) is 10.6 Å². The number of aliphatic hydroxyl groups excluding tert-OH is 3. The second-order valence-corrected chi connectivity index (χ2v) is 21.7. The summed E-state index contributed by atoms with van der Waals surface area (Å²) in [5, 5.41) is 61.7. The highest BCUT2D eigenvalue weighted by molar-refractivity contribution is 8.76. The van der Waals surface area contributed by atoms with E-state index in [4.69, 9.17) is 24.9 Å². The van der Waals surface area contributed by atoms with Crippen molar-refractivity contribution in [2.75, 3.05) is 25.0 Å². The molecule has 9 rings (SSSR count). The van der Waals surface area contributed by atoms with Crippen LogP contribution in [0.2, 0.25) is 0 Å². The first-order chi connectivity index (χ1) is 32.4. The molecule has 8 atom stereocenters. The van der Waals surface area contributed by atoms with E-state index in [1.807, 2.05) is 12.1 Å². The molecule has 9 N–H and O–H groups in total. The van der Waals surface area contributed by atoms with Crippen molar-refractivity contribution in [1.29, 1.82) is 0 Å². The number of ketones is 1. The summed E-state index contributed by atoms with van der Waals surface area (Å²) in [7, 11) is 3.50. The molecule has 0 aromatic heterocycles. The van der Waals surface area contributed by atoms with Crippen molar-refractivity contribution in [3.05, 3.63) is 75.8 Å². The van der Waals surface area contributed by atoms with Gasteiger partial charge in [0.05, 0.1) is 23.8 Å². The van der Waals surface area contributed by atoms with Gasteiger partial charge in [-0.05, 0) is 98.1 Å². The van der Waals surface area contributed by atoms with E-state index in [1.54, 1.807) is 33.7 Å². The van der Waals surface area contributed by atoms with E-state index >= 15 is 0 Å². The predicted octanol–water partition coefficient (Wildman–Crippen LogP) is 5.90. The lowest BCUT2D eigenvalue weighted by atomic mass is 9.72. The summed E-state index contributed by atoms with van der Waals surface area (Å²) < 4.78 is 19.0. The highest BCUT2D eigenvalue weighted by Crippen LogP contribution is 2.47. The minimum Gasteiger partial charge on any atom is -0.508 e. The summed E-state index contributed by atoms with van der Waals surface area (Å²) in [5.74, 6) is 16.3. The lowest BCUT2D eigenvalue weighted by Gasteiger charge is -2.42. The molecule has 1 fully saturated rings. The summed E-state index contributed by atoms with van der Waals surface area (Å²) in [6.07, 6.45) is 4.71. The monoisotopic (exact) mass is 952 g/mol. The maximum absolute atomic E-state index is 13.3. The van der Waals surface area contributed by atoms with E-state index < -0.39 is 36.7 Å². The molecule has 0 radical (unpaired) electrons. The van der Waals surface area contributed by atoms with E-state index in [0.717, 1.165) is 54.5 Å². The molecule has 15 heteroatoms. The number of Topliss-reactive ketones (excluding diaryl/α,β-unsaturated/α-hetero) is 1. The van der Waals surface area contributed by atoms with E-state index in [1.165, 1.54) is 6.07 Å². The lowest BCUT2D eigenvalue weighted by molar-refractivity contribution is -0.121. The number of hydrogen-bond acceptors (Lipinski definition) is 15. The zero-order valence-corrected chi connectivity index (χ0v) is 40.0. The largest absolute Gasteiger partial charge is 0.508 e. The Labute approximate surface area is 401 Å². The van der Waals surface area contributed by atoms with Crippen molar-refractivity contribution >= 4 is 33.3 Å². The third-order valence-electron chi connectivity index (χ3n) is 14.0. The second-order valence-electron chi connectivity index (χ2n) is 19.1. The molecule has 6 bridgehead atoms. The number of phenols is 2. The fourth-order valence-electron chi connectivity index (χ4n) is 10.4. The Balaban J connectivity index is 1.24. The molecule has 1 saturated carbocycles. The van der Waals surface area contributed by atoms with Crippen LogP contribution in [0.1, 0.15) is 98.6 Å². The summed E-state index contributed by atoms with van der Waals surface area (Å²) in [4.78, 5) is 18.2. The summed E-state index contributed by atoms with van der Waals surface area (Å²) in [5.41, 5.74) is 10.9. The van der Waals surface area contributed by atoms with Crippen LogP contribution in [0.4, 0.5) is 0 Å². The average Bonchev–Trinajstić information content (AvgIpc) is 3.29. The maximum Gasteiger partial charge on any atom is 0.201 e. The predicted molar refractivity (Wildman–Crippen MR) is 262 cm³/mol. The zero-order chi connectivity index (χ0) is 47.1. The Kier molecular flexibility index (Phi) is 16.1. The molecule has 2 aliphatic carbocycles. The van der Waals surface area contributed by atoms with Gasteiger partial charge in [-0.1, -0.05) is 89.8 Å². The highest BCUT2D eigenvalue weighted by Gasteiger charge is 2.43. The molecule has 6 aliphatic rings. The smallest absolute Gasteiger partial charge is 0.201 e. The van der Waals surface area contributed by atoms with Gasteiger partial charge in [0, 0.05) is 65.7 Å². The van der Waals surface area contributed by atoms with E-state index in [0.29, 0.717) is 77.9 Å². The number of aliphatic hydroxyl groups is 3. The Hall–Kier alpha value is -4.74. The fourth-order valence-corrected chi connectivity index (χ4v) is 13.2. The molecular formula is C52H64N4O9S2. The molecule has 8 unspecified atom stereocenters. The minimum absolute atomic E-state index is 0.0170. The minimum atomic E-state index is -1.24. The molecular weight excluding hydrogens is 889 g/mol. The topological polar surface area (TPSA) is 208 Å². The Morgan fingerprint density at radius 2 is 1.84 bits per heavy atom. The first kappa shape index (κ1) is 48.7.